The van der Waals surface area contributed by atoms with E-state index in [9.17, 15) is 19.3 Å². The minimum absolute atomic E-state index is 0.0816. The molecular formula is C14H17FN2O4. The highest BCUT2D eigenvalue weighted by Crippen LogP contribution is 2.25. The molecule has 1 aliphatic rings. The number of carboxylic acids is 1. The Morgan fingerprint density at radius 2 is 2.24 bits per heavy atom. The van der Waals surface area contributed by atoms with Crippen molar-refractivity contribution in [3.8, 4) is 0 Å². The van der Waals surface area contributed by atoms with Crippen LogP contribution in [0.1, 0.15) is 31.2 Å². The highest BCUT2D eigenvalue weighted by Gasteiger charge is 2.26. The van der Waals surface area contributed by atoms with E-state index in [0.29, 0.717) is 24.9 Å². The lowest BCUT2D eigenvalue weighted by atomic mass is 9.86. The second-order valence-corrected chi connectivity index (χ2v) is 5.32. The van der Waals surface area contributed by atoms with Gasteiger partial charge in [-0.25, -0.2) is 0 Å². The maximum Gasteiger partial charge on any atom is 0.306 e. The summed E-state index contributed by atoms with van der Waals surface area (Å²) in [5.74, 6) is -1.96. The predicted molar refractivity (Wildman–Crippen MR) is 73.3 cm³/mol. The molecule has 2 rings (SSSR count). The Bertz CT molecular complexity index is 550. The molecule has 0 saturated heterocycles. The quantitative estimate of drug-likeness (QED) is 0.643. The first-order chi connectivity index (χ1) is 9.97. The summed E-state index contributed by atoms with van der Waals surface area (Å²) in [4.78, 5) is 20.8. The van der Waals surface area contributed by atoms with Gasteiger partial charge in [-0.15, -0.1) is 0 Å². The van der Waals surface area contributed by atoms with Crippen molar-refractivity contribution < 1.29 is 19.2 Å². The van der Waals surface area contributed by atoms with Gasteiger partial charge in [-0.05, 0) is 30.9 Å². The van der Waals surface area contributed by atoms with Crippen LogP contribution in [0.3, 0.4) is 0 Å². The van der Waals surface area contributed by atoms with Gasteiger partial charge >= 0.3 is 11.7 Å². The first kappa shape index (κ1) is 15.4. The summed E-state index contributed by atoms with van der Waals surface area (Å²) in [6.07, 6.45) is 2.99. The molecule has 1 aromatic rings. The number of hydrogen-bond acceptors (Lipinski definition) is 4. The SMILES string of the molecule is O=C(O)C1CCCC(NCc2ccc([N+](=O)[O-])c(F)c2)C1. The first-order valence-corrected chi connectivity index (χ1v) is 6.86. The lowest BCUT2D eigenvalue weighted by Gasteiger charge is -2.27. The van der Waals surface area contributed by atoms with Gasteiger partial charge in [0.1, 0.15) is 0 Å². The summed E-state index contributed by atoms with van der Waals surface area (Å²) in [7, 11) is 0. The Morgan fingerprint density at radius 1 is 1.48 bits per heavy atom. The standard InChI is InChI=1S/C14H17FN2O4/c15-12-6-9(4-5-13(12)17(20)21)8-16-11-3-1-2-10(7-11)14(18)19/h4-6,10-11,16H,1-3,7-8H2,(H,18,19). The lowest BCUT2D eigenvalue weighted by molar-refractivity contribution is -0.387. The Balaban J connectivity index is 1.92. The third-order valence-corrected chi connectivity index (χ3v) is 3.83. The van der Waals surface area contributed by atoms with Gasteiger partial charge in [0.2, 0.25) is 5.82 Å². The van der Waals surface area contributed by atoms with Crippen molar-refractivity contribution >= 4 is 11.7 Å². The van der Waals surface area contributed by atoms with E-state index in [2.05, 4.69) is 5.32 Å². The second-order valence-electron chi connectivity index (χ2n) is 5.32. The normalized spacial score (nSPS) is 22.0. The average molecular weight is 296 g/mol. The summed E-state index contributed by atoms with van der Waals surface area (Å²) in [6.45, 7) is 0.367. The maximum absolute atomic E-state index is 13.5. The largest absolute Gasteiger partial charge is 0.481 e. The van der Waals surface area contributed by atoms with Crippen molar-refractivity contribution in [3.05, 3.63) is 39.7 Å². The third-order valence-electron chi connectivity index (χ3n) is 3.83. The zero-order chi connectivity index (χ0) is 15.4. The first-order valence-electron chi connectivity index (χ1n) is 6.86. The third kappa shape index (κ3) is 3.98. The Morgan fingerprint density at radius 3 is 2.86 bits per heavy atom. The van der Waals surface area contributed by atoms with E-state index in [0.717, 1.165) is 25.0 Å². The van der Waals surface area contributed by atoms with Crippen LogP contribution in [-0.4, -0.2) is 22.0 Å². The number of halogens is 1. The number of aliphatic carboxylic acids is 1. The molecule has 0 bridgehead atoms. The van der Waals surface area contributed by atoms with E-state index in [1.165, 1.54) is 6.07 Å². The van der Waals surface area contributed by atoms with Crippen LogP contribution >= 0.6 is 0 Å². The molecule has 2 unspecified atom stereocenters. The smallest absolute Gasteiger partial charge is 0.306 e. The molecule has 0 heterocycles. The molecule has 6 nitrogen and oxygen atoms in total. The van der Waals surface area contributed by atoms with Gasteiger partial charge in [-0.3, -0.25) is 14.9 Å². The number of nitrogens with one attached hydrogen (secondary N) is 1. The Labute approximate surface area is 121 Å². The van der Waals surface area contributed by atoms with Crippen LogP contribution in [0.2, 0.25) is 0 Å². The van der Waals surface area contributed by atoms with Crippen LogP contribution in [0.4, 0.5) is 10.1 Å². The van der Waals surface area contributed by atoms with Gasteiger partial charge in [-0.2, -0.15) is 4.39 Å². The molecule has 1 saturated carbocycles. The molecule has 0 spiro atoms. The molecule has 114 valence electrons. The van der Waals surface area contributed by atoms with E-state index in [4.69, 9.17) is 5.11 Å². The van der Waals surface area contributed by atoms with Gasteiger partial charge in [0.05, 0.1) is 10.8 Å². The van der Waals surface area contributed by atoms with E-state index in [-0.39, 0.29) is 12.0 Å². The average Bonchev–Trinajstić information content (AvgIpc) is 2.45. The van der Waals surface area contributed by atoms with Crippen molar-refractivity contribution in [1.82, 2.24) is 5.32 Å². The zero-order valence-corrected chi connectivity index (χ0v) is 11.4. The van der Waals surface area contributed by atoms with Crippen molar-refractivity contribution in [2.24, 2.45) is 5.92 Å². The summed E-state index contributed by atoms with van der Waals surface area (Å²) in [5.41, 5.74) is 0.0675. The molecular weight excluding hydrogens is 279 g/mol. The van der Waals surface area contributed by atoms with Crippen LogP contribution in [0.25, 0.3) is 0 Å². The molecule has 0 amide bonds. The number of nitrogens with zero attached hydrogens (tertiary/aromatic N) is 1. The van der Waals surface area contributed by atoms with Gasteiger partial charge in [0, 0.05) is 18.7 Å². The van der Waals surface area contributed by atoms with Crippen molar-refractivity contribution in [2.45, 2.75) is 38.3 Å². The Hall–Kier alpha value is -2.02. The van der Waals surface area contributed by atoms with Gasteiger partial charge in [0.15, 0.2) is 0 Å². The fraction of sp³-hybridized carbons (Fsp3) is 0.500. The van der Waals surface area contributed by atoms with Crippen LogP contribution in [0.15, 0.2) is 18.2 Å². The molecule has 0 radical (unpaired) electrons. The molecule has 0 aliphatic heterocycles. The molecule has 7 heteroatoms. The van der Waals surface area contributed by atoms with Crippen molar-refractivity contribution in [2.75, 3.05) is 0 Å². The molecule has 1 aliphatic carbocycles. The fourth-order valence-electron chi connectivity index (χ4n) is 2.67. The number of carbonyl (C=O) groups is 1. The van der Waals surface area contributed by atoms with E-state index in [1.54, 1.807) is 0 Å². The summed E-state index contributed by atoms with van der Waals surface area (Å²) >= 11 is 0. The molecule has 0 aromatic heterocycles. The van der Waals surface area contributed by atoms with Crippen molar-refractivity contribution in [1.29, 1.82) is 0 Å². The second kappa shape index (κ2) is 6.62. The van der Waals surface area contributed by atoms with E-state index in [1.807, 2.05) is 0 Å². The zero-order valence-electron chi connectivity index (χ0n) is 11.4. The van der Waals surface area contributed by atoms with Crippen molar-refractivity contribution in [3.63, 3.8) is 0 Å². The number of benzene rings is 1. The fourth-order valence-corrected chi connectivity index (χ4v) is 2.67. The van der Waals surface area contributed by atoms with Gasteiger partial charge in [-0.1, -0.05) is 12.5 Å². The molecule has 2 atom stereocenters. The number of hydrogen-bond donors (Lipinski definition) is 2. The molecule has 2 N–H and O–H groups in total. The van der Waals surface area contributed by atoms with Crippen LogP contribution < -0.4 is 5.32 Å². The minimum Gasteiger partial charge on any atom is -0.481 e. The molecule has 21 heavy (non-hydrogen) atoms. The monoisotopic (exact) mass is 296 g/mol. The predicted octanol–water partition coefficient (Wildman–Crippen LogP) is 2.47. The molecule has 1 aromatic carbocycles. The number of nitro benzene ring substituents is 1. The minimum atomic E-state index is -0.855. The van der Waals surface area contributed by atoms with Gasteiger partial charge < -0.3 is 10.4 Å². The summed E-state index contributed by atoms with van der Waals surface area (Å²) in [5, 5.41) is 22.8. The maximum atomic E-state index is 13.5. The van der Waals surface area contributed by atoms with Crippen LogP contribution in [-0.2, 0) is 11.3 Å². The summed E-state index contributed by atoms with van der Waals surface area (Å²) in [6, 6.07) is 3.87. The van der Waals surface area contributed by atoms with Crippen LogP contribution in [0.5, 0.6) is 0 Å². The van der Waals surface area contributed by atoms with E-state index >= 15 is 0 Å². The number of nitro groups is 1. The highest BCUT2D eigenvalue weighted by atomic mass is 19.1. The summed E-state index contributed by atoms with van der Waals surface area (Å²) < 4.78 is 13.5. The van der Waals surface area contributed by atoms with Crippen LogP contribution in [0, 0.1) is 21.8 Å². The number of carboxylic acid groups (broad SMARTS) is 1. The lowest BCUT2D eigenvalue weighted by Crippen LogP contribution is -2.36. The van der Waals surface area contributed by atoms with Gasteiger partial charge in [0.25, 0.3) is 0 Å². The topological polar surface area (TPSA) is 92.5 Å². The van der Waals surface area contributed by atoms with E-state index < -0.39 is 22.4 Å². The number of rotatable bonds is 5. The molecule has 1 fully saturated rings. The highest BCUT2D eigenvalue weighted by molar-refractivity contribution is 5.70. The Kier molecular flexibility index (Phi) is 4.85.